The lowest BCUT2D eigenvalue weighted by molar-refractivity contribution is -0.118. The predicted octanol–water partition coefficient (Wildman–Crippen LogP) is 3.41. The lowest BCUT2D eigenvalue weighted by Gasteiger charge is -2.11. The summed E-state index contributed by atoms with van der Waals surface area (Å²) in [4.78, 5) is 23.8. The van der Waals surface area contributed by atoms with Crippen molar-refractivity contribution in [1.29, 1.82) is 0 Å². The second-order valence-corrected chi connectivity index (χ2v) is 4.95. The van der Waals surface area contributed by atoms with Gasteiger partial charge in [0.25, 0.3) is 5.91 Å². The third-order valence-corrected chi connectivity index (χ3v) is 3.05. The Labute approximate surface area is 139 Å². The Morgan fingerprint density at radius 3 is 2.54 bits per heavy atom. The molecule has 0 aliphatic heterocycles. The Morgan fingerprint density at radius 1 is 1.08 bits per heavy atom. The van der Waals surface area contributed by atoms with E-state index in [4.69, 9.17) is 9.47 Å². The van der Waals surface area contributed by atoms with Crippen molar-refractivity contribution in [2.45, 2.75) is 13.3 Å². The number of ether oxygens (including phenoxy) is 2. The van der Waals surface area contributed by atoms with Gasteiger partial charge in [0.2, 0.25) is 0 Å². The molecular weight excluding hydrogens is 313 g/mol. The predicted molar refractivity (Wildman–Crippen MR) is 87.5 cm³/mol. The molecule has 0 heterocycles. The summed E-state index contributed by atoms with van der Waals surface area (Å²) in [6.07, 6.45) is 0.708. The van der Waals surface area contributed by atoms with E-state index in [0.29, 0.717) is 13.0 Å². The van der Waals surface area contributed by atoms with E-state index in [1.807, 2.05) is 6.92 Å². The maximum absolute atomic E-state index is 13.5. The summed E-state index contributed by atoms with van der Waals surface area (Å²) in [6.45, 7) is 1.84. The zero-order valence-corrected chi connectivity index (χ0v) is 13.3. The second kappa shape index (κ2) is 8.67. The average molecular weight is 331 g/mol. The van der Waals surface area contributed by atoms with Gasteiger partial charge in [0.15, 0.2) is 6.61 Å². The zero-order chi connectivity index (χ0) is 17.4. The molecule has 0 bridgehead atoms. The number of hydrogen-bond acceptors (Lipinski definition) is 4. The van der Waals surface area contributed by atoms with Gasteiger partial charge in [-0.2, -0.15) is 0 Å². The van der Waals surface area contributed by atoms with E-state index >= 15 is 0 Å². The van der Waals surface area contributed by atoms with Gasteiger partial charge in [0.05, 0.1) is 12.3 Å². The summed E-state index contributed by atoms with van der Waals surface area (Å²) >= 11 is 0. The molecule has 0 aromatic heterocycles. The molecule has 0 unspecified atom stereocenters. The van der Waals surface area contributed by atoms with E-state index in [9.17, 15) is 14.0 Å². The molecule has 24 heavy (non-hydrogen) atoms. The van der Waals surface area contributed by atoms with Gasteiger partial charge in [-0.15, -0.1) is 0 Å². The monoisotopic (exact) mass is 331 g/mol. The summed E-state index contributed by atoms with van der Waals surface area (Å²) in [5.74, 6) is -1.34. The third-order valence-electron chi connectivity index (χ3n) is 3.05. The number of esters is 1. The first-order valence-corrected chi connectivity index (χ1v) is 7.55. The molecule has 0 atom stereocenters. The largest absolute Gasteiger partial charge is 0.483 e. The number of rotatable bonds is 7. The van der Waals surface area contributed by atoms with Crippen molar-refractivity contribution in [1.82, 2.24) is 0 Å². The SMILES string of the molecule is CCCOC(=O)c1ccccc1OCC(=O)Nc1ccccc1F. The van der Waals surface area contributed by atoms with Crippen molar-refractivity contribution in [2.24, 2.45) is 0 Å². The molecule has 2 aromatic rings. The van der Waals surface area contributed by atoms with Crippen LogP contribution >= 0.6 is 0 Å². The van der Waals surface area contributed by atoms with Gasteiger partial charge in [-0.3, -0.25) is 4.79 Å². The molecule has 2 aromatic carbocycles. The second-order valence-electron chi connectivity index (χ2n) is 4.95. The minimum Gasteiger partial charge on any atom is -0.483 e. The van der Waals surface area contributed by atoms with Crippen molar-refractivity contribution in [2.75, 3.05) is 18.5 Å². The molecule has 0 radical (unpaired) electrons. The molecule has 0 aliphatic rings. The number of amides is 1. The number of benzene rings is 2. The molecule has 126 valence electrons. The molecule has 6 heteroatoms. The molecule has 2 rings (SSSR count). The normalized spacial score (nSPS) is 10.1. The quantitative estimate of drug-likeness (QED) is 0.790. The highest BCUT2D eigenvalue weighted by Gasteiger charge is 2.14. The molecule has 0 aliphatic carbocycles. The van der Waals surface area contributed by atoms with Gasteiger partial charge < -0.3 is 14.8 Å². The molecule has 0 spiro atoms. The lowest BCUT2D eigenvalue weighted by atomic mass is 10.2. The minimum atomic E-state index is -0.533. The maximum atomic E-state index is 13.5. The van der Waals surface area contributed by atoms with Crippen LogP contribution < -0.4 is 10.1 Å². The first kappa shape index (κ1) is 17.5. The Balaban J connectivity index is 1.98. The van der Waals surface area contributed by atoms with Gasteiger partial charge in [-0.25, -0.2) is 9.18 Å². The molecule has 5 nitrogen and oxygen atoms in total. The molecule has 0 saturated carbocycles. The molecular formula is C18H18FNO4. The maximum Gasteiger partial charge on any atom is 0.341 e. The minimum absolute atomic E-state index is 0.0711. The standard InChI is InChI=1S/C18H18FNO4/c1-2-11-23-18(22)13-7-3-6-10-16(13)24-12-17(21)20-15-9-5-4-8-14(15)19/h3-10H,2,11-12H2,1H3,(H,20,21). The Morgan fingerprint density at radius 2 is 1.79 bits per heavy atom. The number of anilines is 1. The zero-order valence-electron chi connectivity index (χ0n) is 13.3. The van der Waals surface area contributed by atoms with Gasteiger partial charge in [-0.1, -0.05) is 31.2 Å². The lowest BCUT2D eigenvalue weighted by Crippen LogP contribution is -2.21. The van der Waals surface area contributed by atoms with Crippen LogP contribution in [0.4, 0.5) is 10.1 Å². The highest BCUT2D eigenvalue weighted by atomic mass is 19.1. The number of para-hydroxylation sites is 2. The van der Waals surface area contributed by atoms with Gasteiger partial charge in [-0.05, 0) is 30.7 Å². The summed E-state index contributed by atoms with van der Waals surface area (Å²) in [6, 6.07) is 12.3. The first-order valence-electron chi connectivity index (χ1n) is 7.55. The van der Waals surface area contributed by atoms with Crippen LogP contribution in [0.2, 0.25) is 0 Å². The Hall–Kier alpha value is -2.89. The van der Waals surface area contributed by atoms with Crippen molar-refractivity contribution in [3.63, 3.8) is 0 Å². The van der Waals surface area contributed by atoms with Crippen LogP contribution in [0.3, 0.4) is 0 Å². The van der Waals surface area contributed by atoms with Crippen LogP contribution in [0.1, 0.15) is 23.7 Å². The van der Waals surface area contributed by atoms with Crippen molar-refractivity contribution < 1.29 is 23.5 Å². The Bertz CT molecular complexity index is 718. The molecule has 1 amide bonds. The fourth-order valence-electron chi connectivity index (χ4n) is 1.93. The number of nitrogens with one attached hydrogen (secondary N) is 1. The van der Waals surface area contributed by atoms with E-state index in [1.54, 1.807) is 30.3 Å². The first-order chi connectivity index (χ1) is 11.6. The van der Waals surface area contributed by atoms with E-state index in [0.717, 1.165) is 0 Å². The van der Waals surface area contributed by atoms with E-state index < -0.39 is 17.7 Å². The van der Waals surface area contributed by atoms with Crippen LogP contribution in [-0.2, 0) is 9.53 Å². The van der Waals surface area contributed by atoms with E-state index in [-0.39, 0.29) is 23.6 Å². The van der Waals surface area contributed by atoms with Gasteiger partial charge in [0, 0.05) is 0 Å². The van der Waals surface area contributed by atoms with Crippen molar-refractivity contribution in [3.05, 3.63) is 59.9 Å². The summed E-state index contributed by atoms with van der Waals surface area (Å²) in [7, 11) is 0. The summed E-state index contributed by atoms with van der Waals surface area (Å²) in [5, 5.41) is 2.41. The van der Waals surface area contributed by atoms with Crippen molar-refractivity contribution in [3.8, 4) is 5.75 Å². The number of carbonyl (C=O) groups excluding carboxylic acids is 2. The highest BCUT2D eigenvalue weighted by Crippen LogP contribution is 2.19. The summed E-state index contributed by atoms with van der Waals surface area (Å²) in [5.41, 5.74) is 0.311. The number of halogens is 1. The third kappa shape index (κ3) is 4.81. The van der Waals surface area contributed by atoms with Crippen LogP contribution in [0, 0.1) is 5.82 Å². The smallest absolute Gasteiger partial charge is 0.341 e. The van der Waals surface area contributed by atoms with Crippen LogP contribution in [0.5, 0.6) is 5.75 Å². The highest BCUT2D eigenvalue weighted by molar-refractivity contribution is 5.94. The van der Waals surface area contributed by atoms with Crippen LogP contribution in [0.25, 0.3) is 0 Å². The van der Waals surface area contributed by atoms with E-state index in [1.165, 1.54) is 18.2 Å². The number of carbonyl (C=O) groups is 2. The van der Waals surface area contributed by atoms with Crippen LogP contribution in [0.15, 0.2) is 48.5 Å². The topological polar surface area (TPSA) is 64.6 Å². The fourth-order valence-corrected chi connectivity index (χ4v) is 1.93. The number of hydrogen-bond donors (Lipinski definition) is 1. The van der Waals surface area contributed by atoms with Gasteiger partial charge in [0.1, 0.15) is 17.1 Å². The Kier molecular flexibility index (Phi) is 6.31. The molecule has 0 saturated heterocycles. The fraction of sp³-hybridized carbons (Fsp3) is 0.222. The van der Waals surface area contributed by atoms with Gasteiger partial charge >= 0.3 is 5.97 Å². The molecule has 0 fully saturated rings. The van der Waals surface area contributed by atoms with Crippen LogP contribution in [-0.4, -0.2) is 25.1 Å². The van der Waals surface area contributed by atoms with Crippen molar-refractivity contribution >= 4 is 17.6 Å². The molecule has 1 N–H and O–H groups in total. The van der Waals surface area contributed by atoms with E-state index in [2.05, 4.69) is 5.32 Å². The summed E-state index contributed by atoms with van der Waals surface area (Å²) < 4.78 is 23.9. The average Bonchev–Trinajstić information content (AvgIpc) is 2.60.